The number of carbonyl (C=O) groups is 2. The van der Waals surface area contributed by atoms with Crippen LogP contribution in [0.5, 0.6) is 0 Å². The lowest BCUT2D eigenvalue weighted by Crippen LogP contribution is -2.39. The minimum Gasteiger partial charge on any atom is -0.333 e. The van der Waals surface area contributed by atoms with Crippen LogP contribution >= 0.6 is 0 Å². The molecule has 0 bridgehead atoms. The van der Waals surface area contributed by atoms with Gasteiger partial charge in [0.15, 0.2) is 5.78 Å². The lowest BCUT2D eigenvalue weighted by molar-refractivity contribution is -0.135. The van der Waals surface area contributed by atoms with Crippen LogP contribution in [0.3, 0.4) is 0 Å². The van der Waals surface area contributed by atoms with Crippen LogP contribution in [0, 0.1) is 0 Å². The molecule has 2 rings (SSSR count). The first-order chi connectivity index (χ1) is 8.68. The molecule has 3 nitrogen and oxygen atoms in total. The van der Waals surface area contributed by atoms with Crippen molar-refractivity contribution in [3.05, 3.63) is 35.9 Å². The number of likely N-dealkylation sites (tertiary alicyclic amines) is 1. The van der Waals surface area contributed by atoms with Crippen LogP contribution in [0.4, 0.5) is 0 Å². The maximum atomic E-state index is 12.1. The van der Waals surface area contributed by atoms with Crippen molar-refractivity contribution in [1.82, 2.24) is 4.90 Å². The largest absolute Gasteiger partial charge is 0.333 e. The van der Waals surface area contributed by atoms with Gasteiger partial charge in [0.05, 0.1) is 6.04 Å². The number of amides is 1. The number of benzene rings is 1. The Hall–Kier alpha value is -1.64. The van der Waals surface area contributed by atoms with E-state index < -0.39 is 0 Å². The van der Waals surface area contributed by atoms with Crippen molar-refractivity contribution < 1.29 is 9.59 Å². The van der Waals surface area contributed by atoms with Crippen LogP contribution in [-0.4, -0.2) is 29.2 Å². The van der Waals surface area contributed by atoms with E-state index in [-0.39, 0.29) is 17.7 Å². The van der Waals surface area contributed by atoms with Gasteiger partial charge in [-0.25, -0.2) is 0 Å². The third-order valence-corrected chi connectivity index (χ3v) is 3.53. The summed E-state index contributed by atoms with van der Waals surface area (Å²) in [5.41, 5.74) is 1.18. The summed E-state index contributed by atoms with van der Waals surface area (Å²) >= 11 is 0. The Morgan fingerprint density at radius 3 is 2.67 bits per heavy atom. The second kappa shape index (κ2) is 5.80. The number of Topliss-reactive ketones (excluding diaryl/α,β-unsaturated/α-hetero) is 1. The molecule has 1 aliphatic heterocycles. The van der Waals surface area contributed by atoms with Gasteiger partial charge in [-0.05, 0) is 24.8 Å². The molecule has 0 spiro atoms. The van der Waals surface area contributed by atoms with E-state index in [9.17, 15) is 9.59 Å². The van der Waals surface area contributed by atoms with Crippen LogP contribution < -0.4 is 0 Å². The Kier molecular flexibility index (Phi) is 4.13. The summed E-state index contributed by atoms with van der Waals surface area (Å²) < 4.78 is 0. The molecule has 1 amide bonds. The fourth-order valence-corrected chi connectivity index (χ4v) is 2.56. The first-order valence-electron chi connectivity index (χ1n) is 6.52. The summed E-state index contributed by atoms with van der Waals surface area (Å²) in [6.07, 6.45) is 3.06. The number of aryl methyl sites for hydroxylation is 1. The molecular weight excluding hydrogens is 226 g/mol. The van der Waals surface area contributed by atoms with Gasteiger partial charge < -0.3 is 4.90 Å². The topological polar surface area (TPSA) is 37.4 Å². The minimum atomic E-state index is -0.175. The zero-order valence-electron chi connectivity index (χ0n) is 10.8. The molecule has 1 aromatic rings. The maximum absolute atomic E-state index is 12.1. The average molecular weight is 245 g/mol. The highest BCUT2D eigenvalue weighted by Crippen LogP contribution is 2.20. The molecule has 1 saturated heterocycles. The molecule has 1 fully saturated rings. The van der Waals surface area contributed by atoms with Crippen LogP contribution in [0.2, 0.25) is 0 Å². The number of hydrogen-bond acceptors (Lipinski definition) is 2. The van der Waals surface area contributed by atoms with Gasteiger partial charge in [-0.1, -0.05) is 30.3 Å². The zero-order chi connectivity index (χ0) is 13.0. The average Bonchev–Trinajstić information content (AvgIpc) is 2.86. The number of ketones is 1. The number of hydrogen-bond donors (Lipinski definition) is 0. The van der Waals surface area contributed by atoms with Gasteiger partial charge in [0.1, 0.15) is 0 Å². The summed E-state index contributed by atoms with van der Waals surface area (Å²) in [6.45, 7) is 2.28. The minimum absolute atomic E-state index is 0.0190. The first-order valence-corrected chi connectivity index (χ1v) is 6.52. The molecule has 1 unspecified atom stereocenters. The van der Waals surface area contributed by atoms with Crippen LogP contribution in [0.1, 0.15) is 31.7 Å². The highest BCUT2D eigenvalue weighted by atomic mass is 16.2. The van der Waals surface area contributed by atoms with Crippen molar-refractivity contribution in [1.29, 1.82) is 0 Å². The van der Waals surface area contributed by atoms with Crippen LogP contribution in [0.25, 0.3) is 0 Å². The lowest BCUT2D eigenvalue weighted by atomic mass is 10.0. The maximum Gasteiger partial charge on any atom is 0.220 e. The molecule has 1 heterocycles. The highest BCUT2D eigenvalue weighted by molar-refractivity contribution is 5.89. The van der Waals surface area contributed by atoms with Crippen molar-refractivity contribution in [3.8, 4) is 0 Å². The summed E-state index contributed by atoms with van der Waals surface area (Å²) in [6, 6.07) is 9.83. The summed E-state index contributed by atoms with van der Waals surface area (Å²) in [7, 11) is 0. The van der Waals surface area contributed by atoms with Gasteiger partial charge in [0, 0.05) is 19.9 Å². The number of rotatable bonds is 4. The molecule has 0 aliphatic carbocycles. The molecule has 1 aliphatic rings. The summed E-state index contributed by atoms with van der Waals surface area (Å²) in [5.74, 6) is 0.220. The molecule has 3 heteroatoms. The van der Waals surface area contributed by atoms with Gasteiger partial charge in [-0.2, -0.15) is 0 Å². The molecular formula is C15H19NO2. The van der Waals surface area contributed by atoms with E-state index in [0.717, 1.165) is 25.8 Å². The molecule has 0 saturated carbocycles. The fourth-order valence-electron chi connectivity index (χ4n) is 2.56. The van der Waals surface area contributed by atoms with Crippen molar-refractivity contribution in [2.45, 2.75) is 38.6 Å². The van der Waals surface area contributed by atoms with Crippen molar-refractivity contribution in [2.75, 3.05) is 6.54 Å². The Labute approximate surface area is 108 Å². The molecule has 0 aromatic heterocycles. The van der Waals surface area contributed by atoms with Crippen molar-refractivity contribution >= 4 is 11.7 Å². The van der Waals surface area contributed by atoms with E-state index in [2.05, 4.69) is 0 Å². The Morgan fingerprint density at radius 1 is 1.28 bits per heavy atom. The SMILES string of the molecule is CC(=O)N1CCCC1C(=O)CCc1ccccc1. The predicted molar refractivity (Wildman–Crippen MR) is 70.2 cm³/mol. The van der Waals surface area contributed by atoms with E-state index in [1.165, 1.54) is 5.56 Å². The monoisotopic (exact) mass is 245 g/mol. The van der Waals surface area contributed by atoms with Gasteiger partial charge in [0.25, 0.3) is 0 Å². The van der Waals surface area contributed by atoms with Gasteiger partial charge in [0.2, 0.25) is 5.91 Å². The fraction of sp³-hybridized carbons (Fsp3) is 0.467. The highest BCUT2D eigenvalue weighted by Gasteiger charge is 2.31. The van der Waals surface area contributed by atoms with E-state index >= 15 is 0 Å². The normalized spacial score (nSPS) is 18.9. The Morgan fingerprint density at radius 2 is 2.00 bits per heavy atom. The van der Waals surface area contributed by atoms with Crippen molar-refractivity contribution in [3.63, 3.8) is 0 Å². The summed E-state index contributed by atoms with van der Waals surface area (Å²) in [5, 5.41) is 0. The number of nitrogens with zero attached hydrogens (tertiary/aromatic N) is 1. The van der Waals surface area contributed by atoms with Gasteiger partial charge >= 0.3 is 0 Å². The third-order valence-electron chi connectivity index (χ3n) is 3.53. The molecule has 96 valence electrons. The second-order valence-corrected chi connectivity index (χ2v) is 4.82. The van der Waals surface area contributed by atoms with E-state index in [1.807, 2.05) is 30.3 Å². The van der Waals surface area contributed by atoms with Gasteiger partial charge in [-0.15, -0.1) is 0 Å². The van der Waals surface area contributed by atoms with E-state index in [4.69, 9.17) is 0 Å². The molecule has 1 atom stereocenters. The molecule has 18 heavy (non-hydrogen) atoms. The van der Waals surface area contributed by atoms with Crippen LogP contribution in [0.15, 0.2) is 30.3 Å². The molecule has 0 radical (unpaired) electrons. The van der Waals surface area contributed by atoms with E-state index in [1.54, 1.807) is 11.8 Å². The zero-order valence-corrected chi connectivity index (χ0v) is 10.8. The summed E-state index contributed by atoms with van der Waals surface area (Å²) in [4.78, 5) is 25.3. The van der Waals surface area contributed by atoms with E-state index in [0.29, 0.717) is 6.42 Å². The van der Waals surface area contributed by atoms with Crippen LogP contribution in [-0.2, 0) is 16.0 Å². The lowest BCUT2D eigenvalue weighted by Gasteiger charge is -2.22. The standard InChI is InChI=1S/C15H19NO2/c1-12(17)16-11-5-8-14(16)15(18)10-9-13-6-3-2-4-7-13/h2-4,6-7,14H,5,8-11H2,1H3. The number of carbonyl (C=O) groups excluding carboxylic acids is 2. The smallest absolute Gasteiger partial charge is 0.220 e. The Bertz CT molecular complexity index is 427. The quantitative estimate of drug-likeness (QED) is 0.815. The van der Waals surface area contributed by atoms with Crippen molar-refractivity contribution in [2.24, 2.45) is 0 Å². The Balaban J connectivity index is 1.90. The second-order valence-electron chi connectivity index (χ2n) is 4.82. The predicted octanol–water partition coefficient (Wildman–Crippen LogP) is 2.20. The molecule has 0 N–H and O–H groups in total. The first kappa shape index (κ1) is 12.8. The van der Waals surface area contributed by atoms with Gasteiger partial charge in [-0.3, -0.25) is 9.59 Å². The third kappa shape index (κ3) is 2.97. The molecule has 1 aromatic carbocycles.